The van der Waals surface area contributed by atoms with Crippen LogP contribution in [-0.4, -0.2) is 52.3 Å². The second-order valence-corrected chi connectivity index (χ2v) is 9.68. The first kappa shape index (κ1) is 30.6. The molecule has 2 aromatic rings. The number of nitrogens with zero attached hydrogens (tertiary/aromatic N) is 1. The van der Waals surface area contributed by atoms with E-state index in [2.05, 4.69) is 0 Å². The number of aromatic nitrogens is 1. The number of pyridine rings is 1. The summed E-state index contributed by atoms with van der Waals surface area (Å²) in [4.78, 5) is 24.7. The minimum absolute atomic E-state index is 0. The molecule has 30 heavy (non-hydrogen) atoms. The van der Waals surface area contributed by atoms with Gasteiger partial charge in [0, 0.05) is 35.5 Å². The number of aliphatic carboxylic acids is 1. The van der Waals surface area contributed by atoms with Crippen molar-refractivity contribution in [1.29, 1.82) is 0 Å². The van der Waals surface area contributed by atoms with Crippen LogP contribution in [0, 0.1) is 5.82 Å². The molecule has 1 heterocycles. The molecule has 2 rings (SSSR count). The average Bonchev–Trinajstić information content (AvgIpc) is 2.60. The van der Waals surface area contributed by atoms with Crippen LogP contribution >= 0.6 is 11.8 Å². The van der Waals surface area contributed by atoms with E-state index in [0.29, 0.717) is 5.56 Å². The monoisotopic (exact) mass is 455 g/mol. The van der Waals surface area contributed by atoms with Crippen LogP contribution in [0.25, 0.3) is 11.1 Å². The van der Waals surface area contributed by atoms with Gasteiger partial charge in [0.2, 0.25) is 0 Å². The molecular formula is C18H23FLiNO7S2. The Labute approximate surface area is 190 Å². The largest absolute Gasteiger partial charge is 1.00 e. The first-order valence-corrected chi connectivity index (χ1v) is 11.1. The Hall–Kier alpha value is -1.61. The SMILES string of the molecule is CSc1ccc(-c2cc(=O)n(CC[C@](C)(C(=O)O)S(C)(=O)=O)cc2F)cc1.O.[Li+].[OH-]. The Balaban J connectivity index is 0. The molecule has 0 aliphatic heterocycles. The fourth-order valence-corrected chi connectivity index (χ4v) is 3.68. The molecule has 0 amide bonds. The Morgan fingerprint density at radius 1 is 1.27 bits per heavy atom. The maximum atomic E-state index is 14.5. The van der Waals surface area contributed by atoms with Gasteiger partial charge in [-0.1, -0.05) is 12.1 Å². The minimum atomic E-state index is -3.93. The smallest absolute Gasteiger partial charge is 0.870 e. The summed E-state index contributed by atoms with van der Waals surface area (Å²) in [5, 5.41) is 9.26. The number of sulfone groups is 1. The van der Waals surface area contributed by atoms with Gasteiger partial charge in [-0.25, -0.2) is 12.8 Å². The van der Waals surface area contributed by atoms with E-state index in [1.807, 2.05) is 18.4 Å². The van der Waals surface area contributed by atoms with E-state index in [9.17, 15) is 27.5 Å². The third kappa shape index (κ3) is 6.44. The summed E-state index contributed by atoms with van der Waals surface area (Å²) in [5.74, 6) is -2.16. The molecule has 0 fully saturated rings. The number of aryl methyl sites for hydroxylation is 1. The number of carboxylic acids is 1. The minimum Gasteiger partial charge on any atom is -0.870 e. The quantitative estimate of drug-likeness (QED) is 0.400. The van der Waals surface area contributed by atoms with Gasteiger partial charge in [-0.15, -0.1) is 11.8 Å². The molecule has 8 nitrogen and oxygen atoms in total. The molecule has 12 heteroatoms. The van der Waals surface area contributed by atoms with Crippen LogP contribution in [0.1, 0.15) is 13.3 Å². The van der Waals surface area contributed by atoms with Crippen molar-refractivity contribution >= 4 is 27.6 Å². The van der Waals surface area contributed by atoms with E-state index in [1.165, 1.54) is 11.8 Å². The van der Waals surface area contributed by atoms with Crippen molar-refractivity contribution in [3.8, 4) is 11.1 Å². The summed E-state index contributed by atoms with van der Waals surface area (Å²) in [5.41, 5.74) is 0.135. The third-order valence-electron chi connectivity index (χ3n) is 4.58. The molecular weight excluding hydrogens is 432 g/mol. The zero-order valence-corrected chi connectivity index (χ0v) is 18.7. The third-order valence-corrected chi connectivity index (χ3v) is 7.34. The molecule has 0 saturated heterocycles. The summed E-state index contributed by atoms with van der Waals surface area (Å²) >= 11 is 1.54. The van der Waals surface area contributed by atoms with E-state index >= 15 is 0 Å². The summed E-state index contributed by atoms with van der Waals surface area (Å²) in [7, 11) is -3.93. The molecule has 162 valence electrons. The van der Waals surface area contributed by atoms with E-state index in [1.54, 1.807) is 12.1 Å². The van der Waals surface area contributed by atoms with Crippen LogP contribution in [-0.2, 0) is 21.2 Å². The maximum absolute atomic E-state index is 14.5. The number of hydrogen-bond donors (Lipinski definition) is 1. The van der Waals surface area contributed by atoms with Gasteiger partial charge in [0.1, 0.15) is 5.82 Å². The Morgan fingerprint density at radius 3 is 2.23 bits per heavy atom. The van der Waals surface area contributed by atoms with E-state index in [-0.39, 0.29) is 48.3 Å². The number of thioether (sulfide) groups is 1. The van der Waals surface area contributed by atoms with Gasteiger partial charge in [0.25, 0.3) is 5.56 Å². The van der Waals surface area contributed by atoms with Gasteiger partial charge in [0.05, 0.1) is 0 Å². The van der Waals surface area contributed by atoms with Crippen molar-refractivity contribution in [2.24, 2.45) is 0 Å². The van der Waals surface area contributed by atoms with E-state index in [4.69, 9.17) is 0 Å². The number of halogens is 1. The van der Waals surface area contributed by atoms with Gasteiger partial charge in [-0.3, -0.25) is 9.59 Å². The van der Waals surface area contributed by atoms with Gasteiger partial charge >= 0.3 is 24.8 Å². The van der Waals surface area contributed by atoms with Crippen LogP contribution in [0.2, 0.25) is 0 Å². The number of rotatable bonds is 7. The molecule has 0 spiro atoms. The Morgan fingerprint density at radius 2 is 1.80 bits per heavy atom. The number of benzene rings is 1. The van der Waals surface area contributed by atoms with Crippen molar-refractivity contribution in [2.75, 3.05) is 12.5 Å². The standard InChI is InChI=1S/C18H20FNO5S2.Li.2H2O/c1-18(17(22)23,27(3,24)25)8-9-20-11-15(19)14(10-16(20)21)12-4-6-13(26-2)7-5-12;;;/h4-7,10-11H,8-9H2,1-3H3,(H,22,23);;2*1H2/q;+1;;/p-1/t18-;;;/m1.../s1. The van der Waals surface area contributed by atoms with Crippen LogP contribution in [0.4, 0.5) is 4.39 Å². The number of carboxylic acid groups (broad SMARTS) is 1. The summed E-state index contributed by atoms with van der Waals surface area (Å²) in [6, 6.07) is 8.17. The second-order valence-electron chi connectivity index (χ2n) is 6.35. The zero-order valence-electron chi connectivity index (χ0n) is 17.0. The first-order valence-electron chi connectivity index (χ1n) is 7.97. The predicted molar refractivity (Wildman–Crippen MR) is 109 cm³/mol. The van der Waals surface area contributed by atoms with Crippen LogP contribution in [0.5, 0.6) is 0 Å². The van der Waals surface area contributed by atoms with Gasteiger partial charge in [0.15, 0.2) is 14.6 Å². The average molecular weight is 455 g/mol. The Bertz CT molecular complexity index is 1030. The molecule has 0 aliphatic rings. The maximum Gasteiger partial charge on any atom is 1.00 e. The Kier molecular flexibility index (Phi) is 11.9. The second kappa shape index (κ2) is 11.7. The van der Waals surface area contributed by atoms with Gasteiger partial charge < -0.3 is 20.6 Å². The zero-order chi connectivity index (χ0) is 20.4. The summed E-state index contributed by atoms with van der Waals surface area (Å²) in [6.45, 7) is 0.838. The fraction of sp³-hybridized carbons (Fsp3) is 0.333. The number of carbonyl (C=O) groups is 1. The van der Waals surface area contributed by atoms with E-state index in [0.717, 1.165) is 34.9 Å². The fourth-order valence-electron chi connectivity index (χ4n) is 2.50. The van der Waals surface area contributed by atoms with Crippen molar-refractivity contribution in [3.05, 3.63) is 52.7 Å². The molecule has 0 aliphatic carbocycles. The topological polar surface area (TPSA) is 155 Å². The van der Waals surface area contributed by atoms with Gasteiger partial charge in [-0.05, 0) is 37.3 Å². The molecule has 4 N–H and O–H groups in total. The molecule has 1 atom stereocenters. The summed E-state index contributed by atoms with van der Waals surface area (Å²) < 4.78 is 37.1. The van der Waals surface area contributed by atoms with Crippen LogP contribution in [0.15, 0.2) is 46.2 Å². The van der Waals surface area contributed by atoms with Crippen molar-refractivity contribution in [1.82, 2.24) is 4.57 Å². The van der Waals surface area contributed by atoms with E-state index < -0.39 is 31.9 Å². The van der Waals surface area contributed by atoms with Crippen molar-refractivity contribution < 1.29 is 52.5 Å². The van der Waals surface area contributed by atoms with Crippen molar-refractivity contribution in [3.63, 3.8) is 0 Å². The molecule has 0 saturated carbocycles. The van der Waals surface area contributed by atoms with Crippen LogP contribution < -0.4 is 24.4 Å². The normalized spacial score (nSPS) is 12.5. The van der Waals surface area contributed by atoms with Gasteiger partial charge in [-0.2, -0.15) is 0 Å². The van der Waals surface area contributed by atoms with Crippen molar-refractivity contribution in [2.45, 2.75) is 29.5 Å². The molecule has 0 unspecified atom stereocenters. The molecule has 0 radical (unpaired) electrons. The summed E-state index contributed by atoms with van der Waals surface area (Å²) in [6.07, 6.45) is 3.36. The van der Waals surface area contributed by atoms with Crippen LogP contribution in [0.3, 0.4) is 0 Å². The molecule has 1 aromatic heterocycles. The first-order chi connectivity index (χ1) is 12.5. The predicted octanol–water partition coefficient (Wildman–Crippen LogP) is -1.34. The number of hydrogen-bond acceptors (Lipinski definition) is 6. The molecule has 1 aromatic carbocycles. The molecule has 0 bridgehead atoms.